The molecule has 0 aliphatic rings. The highest BCUT2D eigenvalue weighted by Gasteiger charge is 2.08. The number of rotatable bonds is 9. The van der Waals surface area contributed by atoms with Crippen molar-refractivity contribution < 1.29 is 4.79 Å². The summed E-state index contributed by atoms with van der Waals surface area (Å²) in [6.07, 6.45) is 4.59. The molecule has 20 heavy (non-hydrogen) atoms. The minimum atomic E-state index is 0.160. The van der Waals surface area contributed by atoms with Crippen LogP contribution in [0.1, 0.15) is 43.7 Å². The molecule has 1 aromatic rings. The zero-order valence-corrected chi connectivity index (χ0v) is 12.8. The Bertz CT molecular complexity index is 404. The third-order valence-electron chi connectivity index (χ3n) is 3.75. The molecule has 1 rings (SSSR count). The molecule has 0 aliphatic heterocycles. The molecule has 1 amide bonds. The summed E-state index contributed by atoms with van der Waals surface area (Å²) >= 11 is 0. The maximum Gasteiger partial charge on any atom is 0.220 e. The van der Waals surface area contributed by atoms with Crippen LogP contribution in [0.5, 0.6) is 0 Å². The number of nitrogens with one attached hydrogen (secondary N) is 1. The maximum absolute atomic E-state index is 11.8. The lowest BCUT2D eigenvalue weighted by atomic mass is 9.96. The van der Waals surface area contributed by atoms with Gasteiger partial charge in [-0.2, -0.15) is 0 Å². The zero-order valence-electron chi connectivity index (χ0n) is 12.8. The van der Waals surface area contributed by atoms with E-state index in [0.717, 1.165) is 32.2 Å². The minimum absolute atomic E-state index is 0.160. The number of aryl methyl sites for hydroxylation is 1. The number of amides is 1. The number of hydrogen-bond donors (Lipinski definition) is 2. The van der Waals surface area contributed by atoms with Crippen molar-refractivity contribution in [3.8, 4) is 0 Å². The second kappa shape index (κ2) is 9.54. The molecule has 3 N–H and O–H groups in total. The van der Waals surface area contributed by atoms with E-state index in [1.54, 1.807) is 0 Å². The van der Waals surface area contributed by atoms with Crippen molar-refractivity contribution in [3.63, 3.8) is 0 Å². The van der Waals surface area contributed by atoms with Crippen molar-refractivity contribution in [2.24, 2.45) is 11.7 Å². The normalized spacial score (nSPS) is 12.2. The number of nitrogens with two attached hydrogens (primary N) is 1. The lowest BCUT2D eigenvalue weighted by molar-refractivity contribution is -0.121. The molecule has 0 heterocycles. The standard InChI is InChI=1S/C17H28N2O/c1-3-15(9-11-18)7-8-17(20)19-12-10-16-6-4-5-14(2)13-16/h4-6,13,15H,3,7-12,18H2,1-2H3,(H,19,20). The molecule has 3 nitrogen and oxygen atoms in total. The first-order valence-corrected chi connectivity index (χ1v) is 7.68. The van der Waals surface area contributed by atoms with E-state index >= 15 is 0 Å². The minimum Gasteiger partial charge on any atom is -0.356 e. The number of carbonyl (C=O) groups is 1. The lowest BCUT2D eigenvalue weighted by Gasteiger charge is -2.13. The van der Waals surface area contributed by atoms with Crippen LogP contribution in [0.4, 0.5) is 0 Å². The van der Waals surface area contributed by atoms with Crippen LogP contribution in [0.25, 0.3) is 0 Å². The van der Waals surface area contributed by atoms with Crippen molar-refractivity contribution >= 4 is 5.91 Å². The molecule has 112 valence electrons. The molecule has 0 fully saturated rings. The largest absolute Gasteiger partial charge is 0.356 e. The number of carbonyl (C=O) groups excluding carboxylic acids is 1. The van der Waals surface area contributed by atoms with Gasteiger partial charge in [0.25, 0.3) is 0 Å². The topological polar surface area (TPSA) is 55.1 Å². The molecule has 1 unspecified atom stereocenters. The monoisotopic (exact) mass is 276 g/mol. The van der Waals surface area contributed by atoms with Crippen molar-refractivity contribution in [3.05, 3.63) is 35.4 Å². The molecule has 0 saturated carbocycles. The SMILES string of the molecule is CCC(CCN)CCC(=O)NCCc1cccc(C)c1. The fourth-order valence-corrected chi connectivity index (χ4v) is 2.43. The zero-order chi connectivity index (χ0) is 14.8. The summed E-state index contributed by atoms with van der Waals surface area (Å²) in [6, 6.07) is 8.42. The lowest BCUT2D eigenvalue weighted by Crippen LogP contribution is -2.26. The van der Waals surface area contributed by atoms with E-state index in [2.05, 4.69) is 43.4 Å². The molecular weight excluding hydrogens is 248 g/mol. The van der Waals surface area contributed by atoms with Crippen molar-refractivity contribution in [2.45, 2.75) is 46.0 Å². The van der Waals surface area contributed by atoms with Gasteiger partial charge in [0.05, 0.1) is 0 Å². The summed E-state index contributed by atoms with van der Waals surface area (Å²) in [4.78, 5) is 11.8. The van der Waals surface area contributed by atoms with Gasteiger partial charge in [0.2, 0.25) is 5.91 Å². The third-order valence-corrected chi connectivity index (χ3v) is 3.75. The Labute approximate surface area is 122 Å². The van der Waals surface area contributed by atoms with E-state index in [4.69, 9.17) is 5.73 Å². The van der Waals surface area contributed by atoms with Gasteiger partial charge in [-0.15, -0.1) is 0 Å². The van der Waals surface area contributed by atoms with Crippen LogP contribution in [-0.2, 0) is 11.2 Å². The van der Waals surface area contributed by atoms with Gasteiger partial charge < -0.3 is 11.1 Å². The van der Waals surface area contributed by atoms with E-state index in [1.165, 1.54) is 11.1 Å². The Balaban J connectivity index is 2.20. The van der Waals surface area contributed by atoms with Gasteiger partial charge in [-0.05, 0) is 44.2 Å². The molecule has 0 bridgehead atoms. The highest BCUT2D eigenvalue weighted by molar-refractivity contribution is 5.75. The van der Waals surface area contributed by atoms with Crippen LogP contribution >= 0.6 is 0 Å². The highest BCUT2D eigenvalue weighted by atomic mass is 16.1. The van der Waals surface area contributed by atoms with Crippen LogP contribution < -0.4 is 11.1 Å². The Hall–Kier alpha value is -1.35. The summed E-state index contributed by atoms with van der Waals surface area (Å²) in [6.45, 7) is 5.68. The van der Waals surface area contributed by atoms with Crippen LogP contribution in [0, 0.1) is 12.8 Å². The fraction of sp³-hybridized carbons (Fsp3) is 0.588. The van der Waals surface area contributed by atoms with Crippen LogP contribution in [0.2, 0.25) is 0 Å². The predicted molar refractivity (Wildman–Crippen MR) is 84.6 cm³/mol. The van der Waals surface area contributed by atoms with Gasteiger partial charge >= 0.3 is 0 Å². The van der Waals surface area contributed by atoms with Crippen molar-refractivity contribution in [2.75, 3.05) is 13.1 Å². The van der Waals surface area contributed by atoms with Crippen molar-refractivity contribution in [1.29, 1.82) is 0 Å². The quantitative estimate of drug-likeness (QED) is 0.728. The first-order chi connectivity index (χ1) is 9.65. The Morgan fingerprint density at radius 1 is 1.35 bits per heavy atom. The average Bonchev–Trinajstić information content (AvgIpc) is 2.43. The second-order valence-electron chi connectivity index (χ2n) is 5.48. The number of hydrogen-bond acceptors (Lipinski definition) is 2. The number of benzene rings is 1. The van der Waals surface area contributed by atoms with Crippen molar-refractivity contribution in [1.82, 2.24) is 5.32 Å². The Morgan fingerprint density at radius 3 is 2.80 bits per heavy atom. The Kier molecular flexibility index (Phi) is 7.97. The molecule has 0 aliphatic carbocycles. The van der Waals surface area contributed by atoms with E-state index in [0.29, 0.717) is 18.9 Å². The molecule has 1 atom stereocenters. The predicted octanol–water partition coefficient (Wildman–Crippen LogP) is 2.81. The highest BCUT2D eigenvalue weighted by Crippen LogP contribution is 2.14. The second-order valence-corrected chi connectivity index (χ2v) is 5.48. The van der Waals surface area contributed by atoms with Gasteiger partial charge in [0.1, 0.15) is 0 Å². The van der Waals surface area contributed by atoms with Gasteiger partial charge in [-0.25, -0.2) is 0 Å². The van der Waals surface area contributed by atoms with Gasteiger partial charge in [0, 0.05) is 13.0 Å². The molecule has 0 radical (unpaired) electrons. The van der Waals surface area contributed by atoms with E-state index in [1.807, 2.05) is 0 Å². The summed E-state index contributed by atoms with van der Waals surface area (Å²) in [7, 11) is 0. The summed E-state index contributed by atoms with van der Waals surface area (Å²) < 4.78 is 0. The molecule has 3 heteroatoms. The molecule has 0 saturated heterocycles. The van der Waals surface area contributed by atoms with Gasteiger partial charge in [0.15, 0.2) is 0 Å². The van der Waals surface area contributed by atoms with Crippen LogP contribution in [-0.4, -0.2) is 19.0 Å². The third kappa shape index (κ3) is 6.71. The van der Waals surface area contributed by atoms with Gasteiger partial charge in [-0.1, -0.05) is 43.2 Å². The molecule has 0 spiro atoms. The first-order valence-electron chi connectivity index (χ1n) is 7.68. The first kappa shape index (κ1) is 16.7. The average molecular weight is 276 g/mol. The summed E-state index contributed by atoms with van der Waals surface area (Å²) in [5.41, 5.74) is 8.11. The molecular formula is C17H28N2O. The van der Waals surface area contributed by atoms with E-state index in [-0.39, 0.29) is 5.91 Å². The Morgan fingerprint density at radius 2 is 2.15 bits per heavy atom. The van der Waals surface area contributed by atoms with Crippen LogP contribution in [0.3, 0.4) is 0 Å². The maximum atomic E-state index is 11.8. The van der Waals surface area contributed by atoms with Gasteiger partial charge in [-0.3, -0.25) is 4.79 Å². The molecule has 1 aromatic carbocycles. The smallest absolute Gasteiger partial charge is 0.220 e. The van der Waals surface area contributed by atoms with E-state index in [9.17, 15) is 4.79 Å². The van der Waals surface area contributed by atoms with Crippen LogP contribution in [0.15, 0.2) is 24.3 Å². The fourth-order valence-electron chi connectivity index (χ4n) is 2.43. The molecule has 0 aromatic heterocycles. The summed E-state index contributed by atoms with van der Waals surface area (Å²) in [5.74, 6) is 0.746. The summed E-state index contributed by atoms with van der Waals surface area (Å²) in [5, 5.41) is 3.00. The van der Waals surface area contributed by atoms with E-state index < -0.39 is 0 Å².